The van der Waals surface area contributed by atoms with Crippen LogP contribution < -0.4 is 4.74 Å². The Bertz CT molecular complexity index is 643. The van der Waals surface area contributed by atoms with Crippen molar-refractivity contribution in [2.75, 3.05) is 7.11 Å². The molecule has 2 aromatic carbocycles. The fourth-order valence-corrected chi connectivity index (χ4v) is 2.83. The van der Waals surface area contributed by atoms with Crippen molar-refractivity contribution in [2.45, 2.75) is 11.8 Å². The summed E-state index contributed by atoms with van der Waals surface area (Å²) in [5.41, 5.74) is 1.67. The van der Waals surface area contributed by atoms with E-state index in [9.17, 15) is 13.2 Å². The predicted octanol–water partition coefficient (Wildman–Crippen LogP) is 4.91. The third kappa shape index (κ3) is 2.68. The summed E-state index contributed by atoms with van der Waals surface area (Å²) >= 11 is 3.33. The minimum Gasteiger partial charge on any atom is -0.497 e. The number of hydrogen-bond donors (Lipinski definition) is 0. The van der Waals surface area contributed by atoms with Crippen molar-refractivity contribution in [1.82, 2.24) is 0 Å². The smallest absolute Gasteiger partial charge is 0.194 e. The molecule has 2 rings (SSSR count). The van der Waals surface area contributed by atoms with Gasteiger partial charge in [0.2, 0.25) is 0 Å². The van der Waals surface area contributed by atoms with Gasteiger partial charge in [0, 0.05) is 5.56 Å². The monoisotopic (exact) mass is 344 g/mol. The molecule has 0 fully saturated rings. The third-order valence-electron chi connectivity index (χ3n) is 3.09. The van der Waals surface area contributed by atoms with Crippen LogP contribution in [0.4, 0.5) is 13.2 Å². The van der Waals surface area contributed by atoms with Gasteiger partial charge in [-0.3, -0.25) is 0 Å². The van der Waals surface area contributed by atoms with Gasteiger partial charge in [-0.05, 0) is 36.2 Å². The van der Waals surface area contributed by atoms with Crippen molar-refractivity contribution in [3.8, 4) is 5.75 Å². The zero-order valence-corrected chi connectivity index (χ0v) is 12.5. The Labute approximate surface area is 123 Å². The molecule has 1 unspecified atom stereocenters. The third-order valence-corrected chi connectivity index (χ3v) is 4.07. The van der Waals surface area contributed by atoms with Gasteiger partial charge in [0.05, 0.1) is 11.9 Å². The van der Waals surface area contributed by atoms with Crippen LogP contribution in [0, 0.1) is 24.4 Å². The molecule has 106 valence electrons. The van der Waals surface area contributed by atoms with Gasteiger partial charge in [-0.15, -0.1) is 0 Å². The molecule has 0 aromatic heterocycles. The van der Waals surface area contributed by atoms with Crippen molar-refractivity contribution >= 4 is 15.9 Å². The van der Waals surface area contributed by atoms with E-state index in [-0.39, 0.29) is 5.56 Å². The van der Waals surface area contributed by atoms with Gasteiger partial charge < -0.3 is 4.74 Å². The van der Waals surface area contributed by atoms with Gasteiger partial charge in [0.15, 0.2) is 17.5 Å². The first-order chi connectivity index (χ1) is 9.45. The summed E-state index contributed by atoms with van der Waals surface area (Å²) in [4.78, 5) is -0.566. The molecule has 0 saturated heterocycles. The second kappa shape index (κ2) is 5.87. The Hall–Kier alpha value is -1.49. The maximum Gasteiger partial charge on any atom is 0.194 e. The van der Waals surface area contributed by atoms with Crippen LogP contribution >= 0.6 is 15.9 Å². The first-order valence-corrected chi connectivity index (χ1v) is 6.79. The van der Waals surface area contributed by atoms with Crippen molar-refractivity contribution in [2.24, 2.45) is 0 Å². The largest absolute Gasteiger partial charge is 0.497 e. The molecule has 0 amide bonds. The Morgan fingerprint density at radius 3 is 2.25 bits per heavy atom. The van der Waals surface area contributed by atoms with Gasteiger partial charge in [-0.1, -0.05) is 28.1 Å². The molecular weight excluding hydrogens is 333 g/mol. The second-order valence-corrected chi connectivity index (χ2v) is 5.27. The van der Waals surface area contributed by atoms with E-state index in [4.69, 9.17) is 4.74 Å². The zero-order chi connectivity index (χ0) is 14.9. The number of benzene rings is 2. The van der Waals surface area contributed by atoms with Crippen LogP contribution in [0.25, 0.3) is 0 Å². The molecule has 1 atom stereocenters. The fraction of sp³-hybridized carbons (Fsp3) is 0.200. The molecule has 0 aliphatic rings. The average Bonchev–Trinajstić information content (AvgIpc) is 2.44. The van der Waals surface area contributed by atoms with Gasteiger partial charge in [0.25, 0.3) is 0 Å². The number of aryl methyl sites for hydroxylation is 1. The van der Waals surface area contributed by atoms with Gasteiger partial charge in [-0.2, -0.15) is 0 Å². The molecule has 0 saturated carbocycles. The van der Waals surface area contributed by atoms with Crippen LogP contribution in [0.3, 0.4) is 0 Å². The number of methoxy groups -OCH3 is 1. The highest BCUT2D eigenvalue weighted by atomic mass is 79.9. The first kappa shape index (κ1) is 14.9. The molecule has 0 spiro atoms. The number of hydrogen-bond acceptors (Lipinski definition) is 1. The molecule has 0 aliphatic heterocycles. The number of ether oxygens (including phenoxy) is 1. The summed E-state index contributed by atoms with van der Waals surface area (Å²) in [6, 6.07) is 7.43. The van der Waals surface area contributed by atoms with Crippen molar-refractivity contribution < 1.29 is 17.9 Å². The molecule has 0 radical (unpaired) electrons. The SMILES string of the molecule is COc1ccc(C(Br)c2ccc(F)c(F)c2F)c(C)c1. The van der Waals surface area contributed by atoms with Gasteiger partial charge >= 0.3 is 0 Å². The van der Waals surface area contributed by atoms with E-state index in [1.54, 1.807) is 25.3 Å². The van der Waals surface area contributed by atoms with Crippen LogP contribution in [0.1, 0.15) is 21.5 Å². The lowest BCUT2D eigenvalue weighted by Gasteiger charge is -2.15. The van der Waals surface area contributed by atoms with Crippen LogP contribution in [0.5, 0.6) is 5.75 Å². The molecule has 20 heavy (non-hydrogen) atoms. The van der Waals surface area contributed by atoms with E-state index in [1.807, 2.05) is 6.92 Å². The molecule has 0 aliphatic carbocycles. The lowest BCUT2D eigenvalue weighted by molar-refractivity contribution is 0.414. The van der Waals surface area contributed by atoms with Crippen LogP contribution in [-0.4, -0.2) is 7.11 Å². The average molecular weight is 345 g/mol. The Morgan fingerprint density at radius 1 is 1.00 bits per heavy atom. The molecule has 0 heterocycles. The van der Waals surface area contributed by atoms with Crippen LogP contribution in [-0.2, 0) is 0 Å². The lowest BCUT2D eigenvalue weighted by Crippen LogP contribution is -2.03. The normalized spacial score (nSPS) is 12.3. The minimum atomic E-state index is -1.46. The maximum absolute atomic E-state index is 13.8. The van der Waals surface area contributed by atoms with E-state index in [0.29, 0.717) is 5.75 Å². The summed E-state index contributed by atoms with van der Waals surface area (Å²) in [5, 5.41) is 0. The first-order valence-electron chi connectivity index (χ1n) is 5.87. The van der Waals surface area contributed by atoms with E-state index >= 15 is 0 Å². The summed E-state index contributed by atoms with van der Waals surface area (Å²) in [6.07, 6.45) is 0. The lowest BCUT2D eigenvalue weighted by atomic mass is 9.99. The highest BCUT2D eigenvalue weighted by Crippen LogP contribution is 2.36. The quantitative estimate of drug-likeness (QED) is 0.568. The van der Waals surface area contributed by atoms with Crippen molar-refractivity contribution in [1.29, 1.82) is 0 Å². The summed E-state index contributed by atoms with van der Waals surface area (Å²) in [7, 11) is 1.55. The number of alkyl halides is 1. The van der Waals surface area contributed by atoms with E-state index in [0.717, 1.165) is 17.2 Å². The topological polar surface area (TPSA) is 9.23 Å². The molecule has 5 heteroatoms. The number of rotatable bonds is 3. The Kier molecular flexibility index (Phi) is 4.38. The molecule has 2 aromatic rings. The van der Waals surface area contributed by atoms with Gasteiger partial charge in [0.1, 0.15) is 5.75 Å². The van der Waals surface area contributed by atoms with E-state index in [2.05, 4.69) is 15.9 Å². The van der Waals surface area contributed by atoms with E-state index < -0.39 is 22.3 Å². The highest BCUT2D eigenvalue weighted by molar-refractivity contribution is 9.09. The van der Waals surface area contributed by atoms with Crippen LogP contribution in [0.15, 0.2) is 30.3 Å². The second-order valence-electron chi connectivity index (χ2n) is 4.35. The Morgan fingerprint density at radius 2 is 1.65 bits per heavy atom. The maximum atomic E-state index is 13.8. The van der Waals surface area contributed by atoms with Crippen molar-refractivity contribution in [3.63, 3.8) is 0 Å². The number of halogens is 4. The zero-order valence-electron chi connectivity index (χ0n) is 10.9. The summed E-state index contributed by atoms with van der Waals surface area (Å²) in [6.45, 7) is 1.84. The fourth-order valence-electron chi connectivity index (χ4n) is 1.96. The highest BCUT2D eigenvalue weighted by Gasteiger charge is 2.21. The molecule has 0 N–H and O–H groups in total. The van der Waals surface area contributed by atoms with Crippen molar-refractivity contribution in [3.05, 3.63) is 64.5 Å². The standard InChI is InChI=1S/C15H12BrF3O/c1-8-7-9(20-2)3-4-10(8)13(16)11-5-6-12(17)15(19)14(11)18/h3-7,13H,1-2H3. The molecular formula is C15H12BrF3O. The summed E-state index contributed by atoms with van der Waals surface area (Å²) in [5.74, 6) is -3.16. The predicted molar refractivity (Wildman–Crippen MR) is 74.8 cm³/mol. The minimum absolute atomic E-state index is 0.0529. The molecule has 0 bridgehead atoms. The molecule has 1 nitrogen and oxygen atoms in total. The van der Waals surface area contributed by atoms with E-state index in [1.165, 1.54) is 6.07 Å². The van der Waals surface area contributed by atoms with Gasteiger partial charge in [-0.25, -0.2) is 13.2 Å². The summed E-state index contributed by atoms with van der Waals surface area (Å²) < 4.78 is 45.2. The Balaban J connectivity index is 2.46. The van der Waals surface area contributed by atoms with Crippen LogP contribution in [0.2, 0.25) is 0 Å².